The van der Waals surface area contributed by atoms with Crippen LogP contribution in [0.4, 0.5) is 5.82 Å². The maximum absolute atomic E-state index is 12.8. The second kappa shape index (κ2) is 9.38. The Balaban J connectivity index is 1.42. The van der Waals surface area contributed by atoms with Gasteiger partial charge < -0.3 is 15.0 Å². The Bertz CT molecular complexity index is 1280. The minimum atomic E-state index is -0.0821. The van der Waals surface area contributed by atoms with Gasteiger partial charge in [0.05, 0.1) is 19.4 Å². The average molecular weight is 439 g/mol. The highest BCUT2D eigenvalue weighted by Gasteiger charge is 2.17. The molecule has 1 saturated heterocycles. The molecule has 0 aliphatic carbocycles. The first-order valence-corrected chi connectivity index (χ1v) is 11.2. The summed E-state index contributed by atoms with van der Waals surface area (Å²) >= 11 is 0. The molecule has 0 unspecified atom stereocenters. The number of rotatable bonds is 5. The van der Waals surface area contributed by atoms with Crippen molar-refractivity contribution in [1.29, 1.82) is 0 Å². The number of carbonyl (C=O) groups excluding carboxylic acids is 1. The summed E-state index contributed by atoms with van der Waals surface area (Å²) in [6, 6.07) is 22.1. The normalized spacial score (nSPS) is 13.8. The predicted octanol–water partition coefficient (Wildman–Crippen LogP) is 4.37. The highest BCUT2D eigenvalue weighted by Crippen LogP contribution is 2.31. The minimum absolute atomic E-state index is 0.0821. The van der Waals surface area contributed by atoms with E-state index in [1.54, 1.807) is 6.20 Å². The maximum Gasteiger partial charge on any atom is 0.251 e. The molecule has 4 aromatic rings. The molecule has 2 heterocycles. The Kier molecular flexibility index (Phi) is 6.00. The molecule has 6 nitrogen and oxygen atoms in total. The maximum atomic E-state index is 12.8. The molecule has 1 aromatic heterocycles. The molecule has 1 aliphatic rings. The quantitative estimate of drug-likeness (QED) is 0.501. The zero-order valence-electron chi connectivity index (χ0n) is 18.6. The molecule has 0 atom stereocenters. The number of carbonyl (C=O) groups is 1. The van der Waals surface area contributed by atoms with E-state index in [0.717, 1.165) is 51.9 Å². The van der Waals surface area contributed by atoms with Crippen LogP contribution in [0.25, 0.3) is 21.9 Å². The van der Waals surface area contributed by atoms with Crippen molar-refractivity contribution in [2.45, 2.75) is 13.5 Å². The summed E-state index contributed by atoms with van der Waals surface area (Å²) < 4.78 is 5.47. The standard InChI is InChI=1S/C27H26N4O2/c1-19-7-8-22(27(32)28-17-20-5-3-2-4-6-20)16-25(19)21-9-10-24-23(15-21)18-29-30-26(24)31-11-13-33-14-12-31/h2-10,15-16,18H,11-14,17H2,1H3,(H,28,32). The van der Waals surface area contributed by atoms with E-state index < -0.39 is 0 Å². The largest absolute Gasteiger partial charge is 0.378 e. The number of nitrogens with one attached hydrogen (secondary N) is 1. The number of hydrogen-bond donors (Lipinski definition) is 1. The number of nitrogens with zero attached hydrogens (tertiary/aromatic N) is 3. The van der Waals surface area contributed by atoms with E-state index in [2.05, 4.69) is 45.5 Å². The van der Waals surface area contributed by atoms with Gasteiger partial charge in [0.25, 0.3) is 5.91 Å². The molecular formula is C27H26N4O2. The zero-order chi connectivity index (χ0) is 22.6. The van der Waals surface area contributed by atoms with Gasteiger partial charge in [0, 0.05) is 36.0 Å². The van der Waals surface area contributed by atoms with Gasteiger partial charge in [-0.1, -0.05) is 42.5 Å². The lowest BCUT2D eigenvalue weighted by molar-refractivity contribution is 0.0951. The van der Waals surface area contributed by atoms with Crippen LogP contribution in [0, 0.1) is 6.92 Å². The topological polar surface area (TPSA) is 67.4 Å². The van der Waals surface area contributed by atoms with Gasteiger partial charge >= 0.3 is 0 Å². The van der Waals surface area contributed by atoms with Crippen LogP contribution in [0.5, 0.6) is 0 Å². The first kappa shape index (κ1) is 21.1. The van der Waals surface area contributed by atoms with Crippen molar-refractivity contribution in [3.8, 4) is 11.1 Å². The van der Waals surface area contributed by atoms with Crippen molar-refractivity contribution in [3.63, 3.8) is 0 Å². The Morgan fingerprint density at radius 2 is 1.85 bits per heavy atom. The molecule has 6 heteroatoms. The molecular weight excluding hydrogens is 412 g/mol. The van der Waals surface area contributed by atoms with Crippen LogP contribution >= 0.6 is 0 Å². The first-order valence-electron chi connectivity index (χ1n) is 11.2. The number of amides is 1. The van der Waals surface area contributed by atoms with E-state index in [1.165, 1.54) is 0 Å². The molecule has 1 fully saturated rings. The highest BCUT2D eigenvalue weighted by atomic mass is 16.5. The number of aryl methyl sites for hydroxylation is 1. The van der Waals surface area contributed by atoms with Crippen molar-refractivity contribution in [1.82, 2.24) is 15.5 Å². The molecule has 0 radical (unpaired) electrons. The SMILES string of the molecule is Cc1ccc(C(=O)NCc2ccccc2)cc1-c1ccc2c(N3CCOCC3)nncc2c1. The first-order chi connectivity index (χ1) is 16.2. The van der Waals surface area contributed by atoms with E-state index in [9.17, 15) is 4.79 Å². The number of aromatic nitrogens is 2. The van der Waals surface area contributed by atoms with Gasteiger partial charge in [-0.15, -0.1) is 5.10 Å². The molecule has 0 bridgehead atoms. The minimum Gasteiger partial charge on any atom is -0.378 e. The van der Waals surface area contributed by atoms with Gasteiger partial charge in [-0.25, -0.2) is 0 Å². The van der Waals surface area contributed by atoms with Crippen LogP contribution < -0.4 is 10.2 Å². The Hall–Kier alpha value is -3.77. The van der Waals surface area contributed by atoms with Crippen LogP contribution in [0.2, 0.25) is 0 Å². The number of anilines is 1. The summed E-state index contributed by atoms with van der Waals surface area (Å²) in [4.78, 5) is 15.0. The van der Waals surface area contributed by atoms with Crippen LogP contribution in [0.1, 0.15) is 21.5 Å². The van der Waals surface area contributed by atoms with Gasteiger partial charge in [0.2, 0.25) is 0 Å². The molecule has 33 heavy (non-hydrogen) atoms. The van der Waals surface area contributed by atoms with Gasteiger partial charge in [0.1, 0.15) is 0 Å². The van der Waals surface area contributed by atoms with Crippen molar-refractivity contribution < 1.29 is 9.53 Å². The van der Waals surface area contributed by atoms with Gasteiger partial charge in [-0.05, 0) is 53.4 Å². The molecule has 3 aromatic carbocycles. The van der Waals surface area contributed by atoms with Crippen molar-refractivity contribution in [3.05, 3.63) is 89.6 Å². The summed E-state index contributed by atoms with van der Waals surface area (Å²) in [5.41, 5.74) is 4.93. The lowest BCUT2D eigenvalue weighted by atomic mass is 9.96. The summed E-state index contributed by atoms with van der Waals surface area (Å²) in [5.74, 6) is 0.814. The summed E-state index contributed by atoms with van der Waals surface area (Å²) in [6.45, 7) is 5.60. The Morgan fingerprint density at radius 1 is 1.03 bits per heavy atom. The van der Waals surface area contributed by atoms with Crippen LogP contribution in [0.15, 0.2) is 72.9 Å². The fourth-order valence-corrected chi connectivity index (χ4v) is 4.20. The summed E-state index contributed by atoms with van der Waals surface area (Å²) in [6.07, 6.45) is 1.80. The zero-order valence-corrected chi connectivity index (χ0v) is 18.6. The third-order valence-corrected chi connectivity index (χ3v) is 6.06. The second-order valence-electron chi connectivity index (χ2n) is 8.27. The van der Waals surface area contributed by atoms with E-state index in [1.807, 2.05) is 48.5 Å². The molecule has 0 saturated carbocycles. The molecule has 5 rings (SSSR count). The van der Waals surface area contributed by atoms with Crippen molar-refractivity contribution >= 4 is 22.5 Å². The van der Waals surface area contributed by atoms with Gasteiger partial charge in [-0.3, -0.25) is 4.79 Å². The monoisotopic (exact) mass is 438 g/mol. The third-order valence-electron chi connectivity index (χ3n) is 6.06. The van der Waals surface area contributed by atoms with Crippen molar-refractivity contribution in [2.75, 3.05) is 31.2 Å². The third kappa shape index (κ3) is 4.56. The Morgan fingerprint density at radius 3 is 2.67 bits per heavy atom. The average Bonchev–Trinajstić information content (AvgIpc) is 2.88. The fourth-order valence-electron chi connectivity index (χ4n) is 4.20. The van der Waals surface area contributed by atoms with Crippen LogP contribution in [-0.4, -0.2) is 42.4 Å². The summed E-state index contributed by atoms with van der Waals surface area (Å²) in [7, 11) is 0. The molecule has 1 N–H and O–H groups in total. The molecule has 0 spiro atoms. The van der Waals surface area contributed by atoms with Crippen LogP contribution in [0.3, 0.4) is 0 Å². The lowest BCUT2D eigenvalue weighted by Crippen LogP contribution is -2.37. The van der Waals surface area contributed by atoms with Crippen molar-refractivity contribution in [2.24, 2.45) is 0 Å². The smallest absolute Gasteiger partial charge is 0.251 e. The highest BCUT2D eigenvalue weighted by molar-refractivity contribution is 5.97. The molecule has 1 aliphatic heterocycles. The second-order valence-corrected chi connectivity index (χ2v) is 8.27. The molecule has 1 amide bonds. The van der Waals surface area contributed by atoms with Crippen LogP contribution in [-0.2, 0) is 11.3 Å². The van der Waals surface area contributed by atoms with E-state index in [0.29, 0.717) is 25.3 Å². The fraction of sp³-hybridized carbons (Fsp3) is 0.222. The number of fused-ring (bicyclic) bond motifs is 1. The summed E-state index contributed by atoms with van der Waals surface area (Å²) in [5, 5.41) is 13.8. The lowest BCUT2D eigenvalue weighted by Gasteiger charge is -2.28. The van der Waals surface area contributed by atoms with E-state index in [4.69, 9.17) is 4.74 Å². The molecule has 166 valence electrons. The number of hydrogen-bond acceptors (Lipinski definition) is 5. The number of ether oxygens (including phenoxy) is 1. The Labute approximate surface area is 193 Å². The number of morpholine rings is 1. The van der Waals surface area contributed by atoms with E-state index in [-0.39, 0.29) is 5.91 Å². The number of benzene rings is 3. The predicted molar refractivity (Wildman–Crippen MR) is 130 cm³/mol. The van der Waals surface area contributed by atoms with Gasteiger partial charge in [0.15, 0.2) is 5.82 Å². The van der Waals surface area contributed by atoms with E-state index >= 15 is 0 Å². The van der Waals surface area contributed by atoms with Gasteiger partial charge in [-0.2, -0.15) is 5.10 Å².